The number of ether oxygens (including phenoxy) is 1. The lowest BCUT2D eigenvalue weighted by atomic mass is 9.94. The van der Waals surface area contributed by atoms with Crippen LogP contribution in [0.1, 0.15) is 12.8 Å². The summed E-state index contributed by atoms with van der Waals surface area (Å²) in [6, 6.07) is 0. The highest BCUT2D eigenvalue weighted by atomic mass is 79.9. The molecule has 104 valence electrons. The van der Waals surface area contributed by atoms with E-state index in [0.717, 1.165) is 0 Å². The summed E-state index contributed by atoms with van der Waals surface area (Å²) >= 11 is 3.22. The molecule has 0 saturated carbocycles. The number of rotatable bonds is 4. The van der Waals surface area contributed by atoms with E-state index in [4.69, 9.17) is 4.74 Å². The number of hydrogen-bond donors (Lipinski definition) is 2. The SMILES string of the molecule is O=[N+]([O-])c1cncc(Br)c1NCC1(O)CCOCC1. The van der Waals surface area contributed by atoms with Crippen LogP contribution in [0.4, 0.5) is 11.4 Å². The number of halogens is 1. The fourth-order valence-electron chi connectivity index (χ4n) is 1.92. The third-order valence-electron chi connectivity index (χ3n) is 3.09. The maximum absolute atomic E-state index is 10.9. The highest BCUT2D eigenvalue weighted by Gasteiger charge is 2.30. The van der Waals surface area contributed by atoms with E-state index in [9.17, 15) is 15.2 Å². The fraction of sp³-hybridized carbons (Fsp3) is 0.545. The standard InChI is InChI=1S/C11H14BrN3O4/c12-8-5-13-6-9(15(17)18)10(8)14-7-11(16)1-3-19-4-2-11/h5-6,16H,1-4,7H2,(H,13,14). The smallest absolute Gasteiger partial charge is 0.311 e. The molecule has 1 aliphatic heterocycles. The Labute approximate surface area is 118 Å². The van der Waals surface area contributed by atoms with E-state index >= 15 is 0 Å². The molecule has 1 saturated heterocycles. The molecule has 0 atom stereocenters. The van der Waals surface area contributed by atoms with E-state index < -0.39 is 10.5 Å². The Hall–Kier alpha value is -1.25. The van der Waals surface area contributed by atoms with Crippen molar-refractivity contribution < 1.29 is 14.8 Å². The van der Waals surface area contributed by atoms with Crippen LogP contribution in [0.5, 0.6) is 0 Å². The molecule has 2 rings (SSSR count). The van der Waals surface area contributed by atoms with E-state index in [1.165, 1.54) is 12.4 Å². The second kappa shape index (κ2) is 5.81. The number of aliphatic hydroxyl groups is 1. The first-order valence-corrected chi connectivity index (χ1v) is 6.63. The van der Waals surface area contributed by atoms with Gasteiger partial charge >= 0.3 is 5.69 Å². The molecule has 2 N–H and O–H groups in total. The highest BCUT2D eigenvalue weighted by Crippen LogP contribution is 2.32. The minimum Gasteiger partial charge on any atom is -0.388 e. The molecule has 1 aliphatic rings. The Bertz CT molecular complexity index is 477. The van der Waals surface area contributed by atoms with Crippen molar-refractivity contribution in [2.45, 2.75) is 18.4 Å². The Morgan fingerprint density at radius 2 is 2.21 bits per heavy atom. The third kappa shape index (κ3) is 3.40. The second-order valence-electron chi connectivity index (χ2n) is 4.46. The lowest BCUT2D eigenvalue weighted by Gasteiger charge is -2.32. The van der Waals surface area contributed by atoms with Gasteiger partial charge in [-0.3, -0.25) is 15.1 Å². The van der Waals surface area contributed by atoms with Crippen molar-refractivity contribution in [2.75, 3.05) is 25.1 Å². The Morgan fingerprint density at radius 3 is 2.84 bits per heavy atom. The molecule has 0 aliphatic carbocycles. The molecular weight excluding hydrogens is 318 g/mol. The molecule has 7 nitrogen and oxygen atoms in total. The van der Waals surface area contributed by atoms with Gasteiger partial charge in [-0.1, -0.05) is 0 Å². The number of nitrogens with one attached hydrogen (secondary N) is 1. The van der Waals surface area contributed by atoms with Crippen molar-refractivity contribution in [1.82, 2.24) is 4.98 Å². The largest absolute Gasteiger partial charge is 0.388 e. The van der Waals surface area contributed by atoms with Crippen LogP contribution >= 0.6 is 15.9 Å². The Morgan fingerprint density at radius 1 is 1.53 bits per heavy atom. The van der Waals surface area contributed by atoms with E-state index in [-0.39, 0.29) is 12.2 Å². The van der Waals surface area contributed by atoms with Gasteiger partial charge in [0.05, 0.1) is 15.0 Å². The topological polar surface area (TPSA) is 97.5 Å². The molecule has 19 heavy (non-hydrogen) atoms. The maximum Gasteiger partial charge on any atom is 0.311 e. The molecule has 0 aromatic carbocycles. The molecule has 1 aromatic rings. The molecular formula is C11H14BrN3O4. The zero-order valence-electron chi connectivity index (χ0n) is 10.1. The molecule has 0 unspecified atom stereocenters. The van der Waals surface area contributed by atoms with Gasteiger partial charge in [-0.05, 0) is 15.9 Å². The van der Waals surface area contributed by atoms with Crippen LogP contribution in [0, 0.1) is 10.1 Å². The summed E-state index contributed by atoms with van der Waals surface area (Å²) < 4.78 is 5.68. The summed E-state index contributed by atoms with van der Waals surface area (Å²) in [7, 11) is 0. The van der Waals surface area contributed by atoms with Gasteiger partial charge in [0.15, 0.2) is 0 Å². The van der Waals surface area contributed by atoms with Crippen LogP contribution in [0.3, 0.4) is 0 Å². The van der Waals surface area contributed by atoms with Crippen LogP contribution in [0.25, 0.3) is 0 Å². The zero-order valence-corrected chi connectivity index (χ0v) is 11.7. The van der Waals surface area contributed by atoms with Crippen molar-refractivity contribution >= 4 is 27.3 Å². The second-order valence-corrected chi connectivity index (χ2v) is 5.32. The molecule has 0 radical (unpaired) electrons. The van der Waals surface area contributed by atoms with Gasteiger partial charge in [0.25, 0.3) is 0 Å². The summed E-state index contributed by atoms with van der Waals surface area (Å²) in [5.41, 5.74) is -0.681. The highest BCUT2D eigenvalue weighted by molar-refractivity contribution is 9.10. The summed E-state index contributed by atoms with van der Waals surface area (Å²) in [6.45, 7) is 1.23. The summed E-state index contributed by atoms with van der Waals surface area (Å²) in [6.07, 6.45) is 3.68. The van der Waals surface area contributed by atoms with Crippen molar-refractivity contribution in [3.05, 3.63) is 27.0 Å². The zero-order chi connectivity index (χ0) is 13.9. The Balaban J connectivity index is 2.12. The monoisotopic (exact) mass is 331 g/mol. The van der Waals surface area contributed by atoms with Crippen LogP contribution in [0.15, 0.2) is 16.9 Å². The average molecular weight is 332 g/mol. The predicted molar refractivity (Wildman–Crippen MR) is 72.1 cm³/mol. The van der Waals surface area contributed by atoms with E-state index in [1.807, 2.05) is 0 Å². The molecule has 0 spiro atoms. The lowest BCUT2D eigenvalue weighted by Crippen LogP contribution is -2.42. The first-order chi connectivity index (χ1) is 9.02. The van der Waals surface area contributed by atoms with Crippen LogP contribution in [-0.4, -0.2) is 40.4 Å². The summed E-state index contributed by atoms with van der Waals surface area (Å²) in [5.74, 6) is 0. The number of anilines is 1. The van der Waals surface area contributed by atoms with E-state index in [2.05, 4.69) is 26.2 Å². The minimum absolute atomic E-state index is 0.120. The quantitative estimate of drug-likeness (QED) is 0.643. The number of aromatic nitrogens is 1. The van der Waals surface area contributed by atoms with Crippen molar-refractivity contribution in [1.29, 1.82) is 0 Å². The third-order valence-corrected chi connectivity index (χ3v) is 3.70. The minimum atomic E-state index is -0.894. The van der Waals surface area contributed by atoms with Gasteiger partial charge in [-0.15, -0.1) is 0 Å². The number of nitro groups is 1. The van der Waals surface area contributed by atoms with Crippen molar-refractivity contribution in [3.63, 3.8) is 0 Å². The van der Waals surface area contributed by atoms with E-state index in [1.54, 1.807) is 0 Å². The van der Waals surface area contributed by atoms with Gasteiger partial charge in [-0.25, -0.2) is 0 Å². The van der Waals surface area contributed by atoms with Crippen molar-refractivity contribution in [2.24, 2.45) is 0 Å². The van der Waals surface area contributed by atoms with Gasteiger partial charge in [0.1, 0.15) is 11.9 Å². The first-order valence-electron chi connectivity index (χ1n) is 5.84. The number of hydrogen-bond acceptors (Lipinski definition) is 6. The molecule has 2 heterocycles. The number of nitrogens with zero attached hydrogens (tertiary/aromatic N) is 2. The first kappa shape index (κ1) is 14.2. The fourth-order valence-corrected chi connectivity index (χ4v) is 2.38. The maximum atomic E-state index is 10.9. The summed E-state index contributed by atoms with van der Waals surface area (Å²) in [5, 5.41) is 24.2. The molecule has 0 bridgehead atoms. The van der Waals surface area contributed by atoms with Crippen LogP contribution < -0.4 is 5.32 Å². The van der Waals surface area contributed by atoms with Crippen LogP contribution in [-0.2, 0) is 4.74 Å². The van der Waals surface area contributed by atoms with Crippen LogP contribution in [0.2, 0.25) is 0 Å². The normalized spacial score (nSPS) is 18.0. The molecule has 1 fully saturated rings. The predicted octanol–water partition coefficient (Wildman–Crippen LogP) is 1.71. The lowest BCUT2D eigenvalue weighted by molar-refractivity contribution is -0.384. The average Bonchev–Trinajstić information content (AvgIpc) is 2.38. The molecule has 0 amide bonds. The van der Waals surface area contributed by atoms with Gasteiger partial charge in [-0.2, -0.15) is 0 Å². The van der Waals surface area contributed by atoms with Gasteiger partial charge < -0.3 is 15.2 Å². The summed E-state index contributed by atoms with van der Waals surface area (Å²) in [4.78, 5) is 14.2. The van der Waals surface area contributed by atoms with Crippen molar-refractivity contribution in [3.8, 4) is 0 Å². The van der Waals surface area contributed by atoms with Gasteiger partial charge in [0.2, 0.25) is 0 Å². The molecule has 1 aromatic heterocycles. The van der Waals surface area contributed by atoms with E-state index in [0.29, 0.717) is 36.2 Å². The Kier molecular flexibility index (Phi) is 4.33. The molecule has 8 heteroatoms. The number of pyridine rings is 1. The van der Waals surface area contributed by atoms with Gasteiger partial charge in [0, 0.05) is 38.8 Å².